The molecule has 0 bridgehead atoms. The van der Waals surface area contributed by atoms with Crippen LogP contribution in [0.4, 0.5) is 5.69 Å². The molecule has 6 heteroatoms. The summed E-state index contributed by atoms with van der Waals surface area (Å²) in [7, 11) is 1.77. The molecule has 25 heavy (non-hydrogen) atoms. The fraction of sp³-hybridized carbons (Fsp3) is 0.632. The molecule has 1 aliphatic heterocycles. The van der Waals surface area contributed by atoms with Gasteiger partial charge in [0, 0.05) is 51.1 Å². The summed E-state index contributed by atoms with van der Waals surface area (Å²) in [6.45, 7) is 6.38. The minimum Gasteiger partial charge on any atom is -0.385 e. The number of nitrogens with two attached hydrogens (primary N) is 1. The van der Waals surface area contributed by atoms with Crippen molar-refractivity contribution in [2.75, 3.05) is 51.3 Å². The van der Waals surface area contributed by atoms with Crippen LogP contribution >= 0.6 is 0 Å². The molecule has 1 aliphatic rings. The summed E-state index contributed by atoms with van der Waals surface area (Å²) < 4.78 is 5.08. The highest BCUT2D eigenvalue weighted by atomic mass is 16.5. The molecule has 0 saturated carbocycles. The van der Waals surface area contributed by atoms with Gasteiger partial charge in [-0.05, 0) is 43.7 Å². The van der Waals surface area contributed by atoms with Gasteiger partial charge in [0.25, 0.3) is 5.91 Å². The van der Waals surface area contributed by atoms with Crippen LogP contribution in [0.2, 0.25) is 0 Å². The summed E-state index contributed by atoms with van der Waals surface area (Å²) in [6, 6.07) is 7.65. The number of methoxy groups -OCH3 is 1. The number of amides is 1. The third kappa shape index (κ3) is 6.65. The normalized spacial score (nSPS) is 15.4. The molecule has 0 atom stereocenters. The van der Waals surface area contributed by atoms with E-state index in [1.54, 1.807) is 7.11 Å². The molecule has 140 valence electrons. The van der Waals surface area contributed by atoms with Crippen LogP contribution in [0.1, 0.15) is 42.5 Å². The second-order valence-electron chi connectivity index (χ2n) is 6.61. The molecule has 1 aromatic carbocycles. The maximum atomic E-state index is 11.5. The van der Waals surface area contributed by atoms with E-state index in [0.29, 0.717) is 5.56 Å². The van der Waals surface area contributed by atoms with E-state index in [1.807, 2.05) is 24.3 Å². The van der Waals surface area contributed by atoms with Crippen molar-refractivity contribution in [2.24, 2.45) is 5.84 Å². The largest absolute Gasteiger partial charge is 0.385 e. The minimum atomic E-state index is -0.251. The first-order valence-corrected chi connectivity index (χ1v) is 9.32. The molecule has 0 unspecified atom stereocenters. The van der Waals surface area contributed by atoms with Crippen LogP contribution in [0, 0.1) is 0 Å². The minimum absolute atomic E-state index is 0.251. The van der Waals surface area contributed by atoms with Gasteiger partial charge in [0.1, 0.15) is 0 Å². The zero-order valence-electron chi connectivity index (χ0n) is 15.4. The maximum Gasteiger partial charge on any atom is 0.265 e. The Labute approximate surface area is 151 Å². The summed E-state index contributed by atoms with van der Waals surface area (Å²) in [4.78, 5) is 16.4. The van der Waals surface area contributed by atoms with Gasteiger partial charge in [-0.2, -0.15) is 0 Å². The fourth-order valence-electron chi connectivity index (χ4n) is 3.25. The third-order valence-electron chi connectivity index (χ3n) is 4.82. The standard InChI is InChI=1S/C19H32N4O2/c1-25-16-6-4-2-3-5-11-22-12-14-23(15-13-22)18-9-7-17(8-10-18)19(24)21-20/h7-10H,2-6,11-16,20H2,1H3,(H,21,24). The van der Waals surface area contributed by atoms with Gasteiger partial charge < -0.3 is 9.64 Å². The predicted octanol–water partition coefficient (Wildman–Crippen LogP) is 2.01. The number of nitrogens with zero attached hydrogens (tertiary/aromatic N) is 2. The molecule has 3 N–H and O–H groups in total. The van der Waals surface area contributed by atoms with Crippen LogP contribution < -0.4 is 16.2 Å². The monoisotopic (exact) mass is 348 g/mol. The van der Waals surface area contributed by atoms with Crippen LogP contribution in [0.3, 0.4) is 0 Å². The fourth-order valence-corrected chi connectivity index (χ4v) is 3.25. The molecular formula is C19H32N4O2. The topological polar surface area (TPSA) is 70.8 Å². The Balaban J connectivity index is 1.63. The van der Waals surface area contributed by atoms with Gasteiger partial charge >= 0.3 is 0 Å². The van der Waals surface area contributed by atoms with E-state index in [2.05, 4.69) is 15.2 Å². The van der Waals surface area contributed by atoms with E-state index in [-0.39, 0.29) is 5.91 Å². The highest BCUT2D eigenvalue weighted by molar-refractivity contribution is 5.94. The number of hydrazine groups is 1. The Bertz CT molecular complexity index is 499. The molecule has 0 spiro atoms. The number of hydrogen-bond acceptors (Lipinski definition) is 5. The van der Waals surface area contributed by atoms with Gasteiger partial charge in [0.15, 0.2) is 0 Å². The zero-order chi connectivity index (χ0) is 17.9. The first-order valence-electron chi connectivity index (χ1n) is 9.32. The van der Waals surface area contributed by atoms with Crippen molar-refractivity contribution in [3.8, 4) is 0 Å². The Morgan fingerprint density at radius 2 is 1.68 bits per heavy atom. The number of ether oxygens (including phenoxy) is 1. The van der Waals surface area contributed by atoms with Crippen molar-refractivity contribution < 1.29 is 9.53 Å². The number of benzene rings is 1. The van der Waals surface area contributed by atoms with Gasteiger partial charge in [0.2, 0.25) is 0 Å². The van der Waals surface area contributed by atoms with E-state index < -0.39 is 0 Å². The average molecular weight is 348 g/mol. The number of piperazine rings is 1. The highest BCUT2D eigenvalue weighted by Gasteiger charge is 2.17. The van der Waals surface area contributed by atoms with Crippen molar-refractivity contribution in [1.82, 2.24) is 10.3 Å². The molecule has 0 radical (unpaired) electrons. The summed E-state index contributed by atoms with van der Waals surface area (Å²) in [5, 5.41) is 0. The number of carbonyl (C=O) groups excluding carboxylic acids is 1. The van der Waals surface area contributed by atoms with Gasteiger partial charge in [-0.25, -0.2) is 5.84 Å². The van der Waals surface area contributed by atoms with Crippen molar-refractivity contribution in [3.05, 3.63) is 29.8 Å². The van der Waals surface area contributed by atoms with Crippen molar-refractivity contribution in [2.45, 2.75) is 32.1 Å². The Kier molecular flexibility index (Phi) is 8.72. The number of unbranched alkanes of at least 4 members (excludes halogenated alkanes) is 4. The maximum absolute atomic E-state index is 11.5. The van der Waals surface area contributed by atoms with Crippen molar-refractivity contribution >= 4 is 11.6 Å². The molecule has 1 heterocycles. The lowest BCUT2D eigenvalue weighted by Gasteiger charge is -2.36. The summed E-state index contributed by atoms with van der Waals surface area (Å²) in [6.07, 6.45) is 6.37. The molecule has 1 saturated heterocycles. The van der Waals surface area contributed by atoms with Gasteiger partial charge in [0.05, 0.1) is 0 Å². The molecular weight excluding hydrogens is 316 g/mol. The zero-order valence-corrected chi connectivity index (χ0v) is 15.4. The smallest absolute Gasteiger partial charge is 0.265 e. The van der Waals surface area contributed by atoms with Gasteiger partial charge in [-0.15, -0.1) is 0 Å². The summed E-state index contributed by atoms with van der Waals surface area (Å²) in [5.74, 6) is 4.91. The number of hydrogen-bond donors (Lipinski definition) is 2. The number of carbonyl (C=O) groups is 1. The second kappa shape index (κ2) is 11.1. The highest BCUT2D eigenvalue weighted by Crippen LogP contribution is 2.17. The number of anilines is 1. The van der Waals surface area contributed by atoms with Crippen LogP contribution in [0.5, 0.6) is 0 Å². The van der Waals surface area contributed by atoms with E-state index in [4.69, 9.17) is 10.6 Å². The van der Waals surface area contributed by atoms with Crippen LogP contribution in [0.15, 0.2) is 24.3 Å². The van der Waals surface area contributed by atoms with Crippen LogP contribution in [0.25, 0.3) is 0 Å². The average Bonchev–Trinajstić information content (AvgIpc) is 2.67. The molecule has 6 nitrogen and oxygen atoms in total. The van der Waals surface area contributed by atoms with Gasteiger partial charge in [-0.3, -0.25) is 15.1 Å². The van der Waals surface area contributed by atoms with Crippen molar-refractivity contribution in [3.63, 3.8) is 0 Å². The molecule has 1 fully saturated rings. The lowest BCUT2D eigenvalue weighted by atomic mass is 10.1. The van der Waals surface area contributed by atoms with E-state index in [0.717, 1.165) is 32.8 Å². The first-order chi connectivity index (χ1) is 12.2. The van der Waals surface area contributed by atoms with Crippen LogP contribution in [-0.2, 0) is 4.74 Å². The second-order valence-corrected chi connectivity index (χ2v) is 6.61. The summed E-state index contributed by atoms with van der Waals surface area (Å²) in [5.41, 5.74) is 3.92. The number of nitrogen functional groups attached to an aromatic ring is 1. The third-order valence-corrected chi connectivity index (χ3v) is 4.82. The van der Waals surface area contributed by atoms with Crippen LogP contribution in [-0.4, -0.2) is 57.2 Å². The lowest BCUT2D eigenvalue weighted by Crippen LogP contribution is -2.46. The summed E-state index contributed by atoms with van der Waals surface area (Å²) >= 11 is 0. The molecule has 1 aromatic rings. The lowest BCUT2D eigenvalue weighted by molar-refractivity contribution is 0.0953. The first kappa shape index (κ1) is 19.7. The SMILES string of the molecule is COCCCCCCCN1CCN(c2ccc(C(=O)NN)cc2)CC1. The Morgan fingerprint density at radius 1 is 1.04 bits per heavy atom. The quantitative estimate of drug-likeness (QED) is 0.293. The molecule has 1 amide bonds. The molecule has 0 aromatic heterocycles. The van der Waals surface area contributed by atoms with Gasteiger partial charge in [-0.1, -0.05) is 19.3 Å². The van der Waals surface area contributed by atoms with Crippen molar-refractivity contribution in [1.29, 1.82) is 0 Å². The Morgan fingerprint density at radius 3 is 2.32 bits per heavy atom. The predicted molar refractivity (Wildman–Crippen MR) is 102 cm³/mol. The number of nitrogens with one attached hydrogen (secondary N) is 1. The molecule has 2 rings (SSSR count). The van der Waals surface area contributed by atoms with E-state index >= 15 is 0 Å². The number of rotatable bonds is 10. The Hall–Kier alpha value is -1.63. The van der Waals surface area contributed by atoms with E-state index in [9.17, 15) is 4.79 Å². The van der Waals surface area contributed by atoms with E-state index in [1.165, 1.54) is 44.3 Å². The molecule has 0 aliphatic carbocycles.